The Morgan fingerprint density at radius 1 is 1.00 bits per heavy atom. The highest BCUT2D eigenvalue weighted by Crippen LogP contribution is 2.25. The van der Waals surface area contributed by atoms with Gasteiger partial charge in [-0.25, -0.2) is 9.59 Å². The van der Waals surface area contributed by atoms with Crippen molar-refractivity contribution in [2.45, 2.75) is 19.6 Å². The second-order valence-corrected chi connectivity index (χ2v) is 6.25. The predicted octanol–water partition coefficient (Wildman–Crippen LogP) is 3.55. The summed E-state index contributed by atoms with van der Waals surface area (Å²) in [6.07, 6.45) is 1.31. The maximum atomic E-state index is 11.8. The van der Waals surface area contributed by atoms with Gasteiger partial charge in [0.1, 0.15) is 0 Å². The Labute approximate surface area is 137 Å². The van der Waals surface area contributed by atoms with Gasteiger partial charge in [0.25, 0.3) is 5.79 Å². The van der Waals surface area contributed by atoms with Gasteiger partial charge in [-0.1, -0.05) is 12.1 Å². The minimum Gasteiger partial charge on any atom is -0.419 e. The Hall–Kier alpha value is -2.60. The second-order valence-electron chi connectivity index (χ2n) is 5.47. The number of hydrogen-bond donors (Lipinski definition) is 1. The van der Waals surface area contributed by atoms with Crippen LogP contribution in [0.5, 0.6) is 0 Å². The molecule has 1 fully saturated rings. The number of nitrogens with one attached hydrogen (secondary N) is 1. The maximum Gasteiger partial charge on any atom is 0.350 e. The Balaban J connectivity index is 1.72. The molecule has 0 saturated carbocycles. The lowest BCUT2D eigenvalue weighted by Crippen LogP contribution is -2.42. The summed E-state index contributed by atoms with van der Waals surface area (Å²) in [5, 5.41) is 7.01. The van der Waals surface area contributed by atoms with Crippen LogP contribution >= 0.6 is 11.3 Å². The third-order valence-corrected chi connectivity index (χ3v) is 3.92. The number of esters is 2. The van der Waals surface area contributed by atoms with Crippen LogP contribution < -0.4 is 5.32 Å². The zero-order valence-corrected chi connectivity index (χ0v) is 13.5. The fraction of sp³-hybridized carbons (Fsp3) is 0.176. The average molecular weight is 329 g/mol. The van der Waals surface area contributed by atoms with Crippen LogP contribution in [0, 0.1) is 0 Å². The Morgan fingerprint density at radius 2 is 1.65 bits per heavy atom. The van der Waals surface area contributed by atoms with Crippen molar-refractivity contribution in [1.29, 1.82) is 0 Å². The van der Waals surface area contributed by atoms with Gasteiger partial charge in [-0.15, -0.1) is 0 Å². The van der Waals surface area contributed by atoms with E-state index in [0.717, 1.165) is 16.8 Å². The van der Waals surface area contributed by atoms with Crippen LogP contribution in [0.25, 0.3) is 11.1 Å². The smallest absolute Gasteiger partial charge is 0.350 e. The first-order valence-electron chi connectivity index (χ1n) is 7.01. The molecule has 1 aliphatic rings. The molecule has 1 aromatic heterocycles. The lowest BCUT2D eigenvalue weighted by molar-refractivity contribution is -0.222. The van der Waals surface area contributed by atoms with E-state index in [1.54, 1.807) is 11.3 Å². The van der Waals surface area contributed by atoms with Gasteiger partial charge in [0.2, 0.25) is 0 Å². The van der Waals surface area contributed by atoms with E-state index in [9.17, 15) is 9.59 Å². The highest BCUT2D eigenvalue weighted by Gasteiger charge is 2.38. The monoisotopic (exact) mass is 329 g/mol. The van der Waals surface area contributed by atoms with E-state index in [0.29, 0.717) is 0 Å². The molecule has 1 aromatic carbocycles. The number of thiophene rings is 1. The van der Waals surface area contributed by atoms with Crippen molar-refractivity contribution in [3.63, 3.8) is 0 Å². The largest absolute Gasteiger partial charge is 0.419 e. The topological polar surface area (TPSA) is 64.6 Å². The first kappa shape index (κ1) is 15.3. The number of carbonyl (C=O) groups excluding carboxylic acids is 2. The molecule has 0 atom stereocenters. The number of anilines is 1. The number of carbonyl (C=O) groups is 2. The standard InChI is InChI=1S/C17H15NO4S/c1-17(2)21-15(19)14(16(20)22-17)9-18-13-5-3-11(4-6-13)12-7-8-23-10-12/h3-10,18H,1-2H3. The molecule has 0 bridgehead atoms. The lowest BCUT2D eigenvalue weighted by Gasteiger charge is -2.29. The maximum absolute atomic E-state index is 11.8. The highest BCUT2D eigenvalue weighted by molar-refractivity contribution is 7.08. The SMILES string of the molecule is CC1(C)OC(=O)C(=CNc2ccc(-c3ccsc3)cc2)C(=O)O1. The molecular formula is C17H15NO4S. The Kier molecular flexibility index (Phi) is 3.92. The molecule has 1 aliphatic heterocycles. The fourth-order valence-electron chi connectivity index (χ4n) is 2.12. The summed E-state index contributed by atoms with van der Waals surface area (Å²) in [7, 11) is 0. The van der Waals surface area contributed by atoms with Crippen molar-refractivity contribution < 1.29 is 19.1 Å². The van der Waals surface area contributed by atoms with E-state index >= 15 is 0 Å². The molecule has 0 amide bonds. The molecule has 5 nitrogen and oxygen atoms in total. The summed E-state index contributed by atoms with van der Waals surface area (Å²) in [5.41, 5.74) is 2.84. The van der Waals surface area contributed by atoms with Crippen LogP contribution in [0.4, 0.5) is 5.69 Å². The van der Waals surface area contributed by atoms with Crippen LogP contribution in [-0.4, -0.2) is 17.7 Å². The summed E-state index contributed by atoms with van der Waals surface area (Å²) >= 11 is 1.64. The average Bonchev–Trinajstić information content (AvgIpc) is 3.00. The molecule has 118 valence electrons. The van der Waals surface area contributed by atoms with Crippen molar-refractivity contribution in [2.75, 3.05) is 5.32 Å². The minimum atomic E-state index is -1.23. The number of hydrogen-bond acceptors (Lipinski definition) is 6. The van der Waals surface area contributed by atoms with Crippen LogP contribution in [0.1, 0.15) is 13.8 Å². The van der Waals surface area contributed by atoms with E-state index in [4.69, 9.17) is 9.47 Å². The molecule has 23 heavy (non-hydrogen) atoms. The van der Waals surface area contributed by atoms with Crippen LogP contribution in [-0.2, 0) is 19.1 Å². The van der Waals surface area contributed by atoms with Gasteiger partial charge in [-0.2, -0.15) is 11.3 Å². The molecule has 0 spiro atoms. The van der Waals surface area contributed by atoms with Crippen LogP contribution in [0.2, 0.25) is 0 Å². The molecule has 3 rings (SSSR count). The zero-order valence-electron chi connectivity index (χ0n) is 12.7. The van der Waals surface area contributed by atoms with Crippen molar-refractivity contribution >= 4 is 29.0 Å². The van der Waals surface area contributed by atoms with Gasteiger partial charge in [-0.3, -0.25) is 0 Å². The fourth-order valence-corrected chi connectivity index (χ4v) is 2.79. The van der Waals surface area contributed by atoms with Gasteiger partial charge in [0, 0.05) is 25.7 Å². The number of rotatable bonds is 3. The zero-order chi connectivity index (χ0) is 16.4. The van der Waals surface area contributed by atoms with Crippen LogP contribution in [0.3, 0.4) is 0 Å². The van der Waals surface area contributed by atoms with E-state index in [1.165, 1.54) is 20.0 Å². The van der Waals surface area contributed by atoms with E-state index < -0.39 is 17.7 Å². The van der Waals surface area contributed by atoms with Crippen molar-refractivity contribution in [2.24, 2.45) is 0 Å². The lowest BCUT2D eigenvalue weighted by atomic mass is 10.1. The van der Waals surface area contributed by atoms with Gasteiger partial charge in [-0.05, 0) is 40.1 Å². The summed E-state index contributed by atoms with van der Waals surface area (Å²) in [6.45, 7) is 3.02. The normalized spacial score (nSPS) is 16.5. The van der Waals surface area contributed by atoms with Crippen molar-refractivity contribution in [1.82, 2.24) is 0 Å². The summed E-state index contributed by atoms with van der Waals surface area (Å²) < 4.78 is 10.0. The Bertz CT molecular complexity index is 738. The van der Waals surface area contributed by atoms with Gasteiger partial charge in [0.15, 0.2) is 5.57 Å². The van der Waals surface area contributed by atoms with Crippen molar-refractivity contribution in [3.05, 3.63) is 52.9 Å². The molecule has 2 aromatic rings. The molecule has 2 heterocycles. The summed E-state index contributed by atoms with van der Waals surface area (Å²) in [4.78, 5) is 23.6. The van der Waals surface area contributed by atoms with E-state index in [-0.39, 0.29) is 5.57 Å². The second kappa shape index (κ2) is 5.89. The van der Waals surface area contributed by atoms with Gasteiger partial charge >= 0.3 is 11.9 Å². The molecular weight excluding hydrogens is 314 g/mol. The summed E-state index contributed by atoms with van der Waals surface area (Å²) in [5.74, 6) is -2.63. The molecule has 0 radical (unpaired) electrons. The van der Waals surface area contributed by atoms with Gasteiger partial charge in [0.05, 0.1) is 0 Å². The van der Waals surface area contributed by atoms with E-state index in [1.807, 2.05) is 35.7 Å². The quantitative estimate of drug-likeness (QED) is 0.530. The molecule has 0 aliphatic carbocycles. The minimum absolute atomic E-state index is 0.161. The number of benzene rings is 1. The van der Waals surface area contributed by atoms with Crippen molar-refractivity contribution in [3.8, 4) is 11.1 Å². The summed E-state index contributed by atoms with van der Waals surface area (Å²) in [6, 6.07) is 9.71. The highest BCUT2D eigenvalue weighted by atomic mass is 32.1. The first-order valence-corrected chi connectivity index (χ1v) is 7.95. The van der Waals surface area contributed by atoms with Gasteiger partial charge < -0.3 is 14.8 Å². The number of ether oxygens (including phenoxy) is 2. The van der Waals surface area contributed by atoms with E-state index in [2.05, 4.69) is 10.7 Å². The first-order chi connectivity index (χ1) is 10.9. The third-order valence-electron chi connectivity index (χ3n) is 3.24. The molecule has 1 N–H and O–H groups in total. The Morgan fingerprint density at radius 3 is 2.22 bits per heavy atom. The van der Waals surface area contributed by atoms with Crippen LogP contribution in [0.15, 0.2) is 52.9 Å². The number of cyclic esters (lactones) is 2. The third kappa shape index (κ3) is 3.43. The molecule has 0 unspecified atom stereocenters. The molecule has 1 saturated heterocycles. The molecule has 6 heteroatoms. The predicted molar refractivity (Wildman–Crippen MR) is 87.7 cm³/mol.